The quantitative estimate of drug-likeness (QED) is 0.741. The van der Waals surface area contributed by atoms with E-state index in [-0.39, 0.29) is 0 Å². The Morgan fingerprint density at radius 1 is 1.23 bits per heavy atom. The molecule has 0 saturated carbocycles. The lowest BCUT2D eigenvalue weighted by molar-refractivity contribution is 0.471. The first-order chi connectivity index (χ1) is 6.20. The second-order valence-corrected chi connectivity index (χ2v) is 3.85. The number of halogens is 1. The largest absolute Gasteiger partial charge is 0.508 e. The molecule has 0 aromatic heterocycles. The molecule has 0 amide bonds. The zero-order chi connectivity index (χ0) is 9.42. The van der Waals surface area contributed by atoms with Crippen molar-refractivity contribution >= 4 is 26.7 Å². The molecule has 0 bridgehead atoms. The van der Waals surface area contributed by atoms with Crippen molar-refractivity contribution in [2.45, 2.75) is 6.92 Å². The third-order valence-corrected chi connectivity index (χ3v) is 3.22. The lowest BCUT2D eigenvalue weighted by Crippen LogP contribution is -1.80. The molecule has 0 saturated heterocycles. The van der Waals surface area contributed by atoms with Gasteiger partial charge in [0.25, 0.3) is 0 Å². The number of phenols is 1. The van der Waals surface area contributed by atoms with Crippen LogP contribution in [0.2, 0.25) is 0 Å². The van der Waals surface area contributed by atoms with Crippen molar-refractivity contribution in [3.05, 3.63) is 40.4 Å². The van der Waals surface area contributed by atoms with Crippen molar-refractivity contribution in [3.8, 4) is 5.75 Å². The van der Waals surface area contributed by atoms with E-state index in [4.69, 9.17) is 0 Å². The summed E-state index contributed by atoms with van der Waals surface area (Å²) in [5.41, 5.74) is 0.888. The number of fused-ring (bicyclic) bond motifs is 1. The molecule has 0 heterocycles. The molecule has 13 heavy (non-hydrogen) atoms. The zero-order valence-corrected chi connectivity index (χ0v) is 8.80. The highest BCUT2D eigenvalue weighted by Crippen LogP contribution is 2.33. The van der Waals surface area contributed by atoms with Crippen LogP contribution < -0.4 is 0 Å². The minimum absolute atomic E-state index is 0.338. The van der Waals surface area contributed by atoms with Gasteiger partial charge in [-0.15, -0.1) is 0 Å². The molecule has 0 atom stereocenters. The Bertz CT molecular complexity index is 463. The third-order valence-electron chi connectivity index (χ3n) is 2.20. The highest BCUT2D eigenvalue weighted by atomic mass is 79.9. The van der Waals surface area contributed by atoms with E-state index < -0.39 is 0 Å². The van der Waals surface area contributed by atoms with Crippen molar-refractivity contribution in [2.75, 3.05) is 0 Å². The van der Waals surface area contributed by atoms with Gasteiger partial charge in [0.05, 0.1) is 0 Å². The van der Waals surface area contributed by atoms with Crippen LogP contribution in [0, 0.1) is 6.92 Å². The Kier molecular flexibility index (Phi) is 2.00. The maximum Gasteiger partial charge on any atom is 0.120 e. The number of benzene rings is 2. The first-order valence-electron chi connectivity index (χ1n) is 4.07. The molecule has 2 rings (SSSR count). The van der Waals surface area contributed by atoms with Gasteiger partial charge < -0.3 is 5.11 Å². The minimum Gasteiger partial charge on any atom is -0.508 e. The number of phenolic OH excluding ortho intramolecular Hbond substituents is 1. The van der Waals surface area contributed by atoms with E-state index in [9.17, 15) is 5.11 Å². The summed E-state index contributed by atoms with van der Waals surface area (Å²) in [6.07, 6.45) is 0. The van der Waals surface area contributed by atoms with Gasteiger partial charge in [0.2, 0.25) is 0 Å². The van der Waals surface area contributed by atoms with E-state index in [0.717, 1.165) is 20.8 Å². The predicted molar refractivity (Wildman–Crippen MR) is 58.0 cm³/mol. The summed E-state index contributed by atoms with van der Waals surface area (Å²) in [5.74, 6) is 0.338. The maximum absolute atomic E-state index is 9.57. The van der Waals surface area contributed by atoms with Gasteiger partial charge in [-0.05, 0) is 39.7 Å². The van der Waals surface area contributed by atoms with E-state index in [1.54, 1.807) is 6.07 Å². The number of aromatic hydroxyl groups is 1. The topological polar surface area (TPSA) is 20.2 Å². The molecule has 2 heteroatoms. The molecule has 1 nitrogen and oxygen atoms in total. The van der Waals surface area contributed by atoms with Crippen LogP contribution in [0.15, 0.2) is 34.8 Å². The number of hydrogen-bond donors (Lipinski definition) is 1. The van der Waals surface area contributed by atoms with E-state index in [1.165, 1.54) is 0 Å². The molecule has 66 valence electrons. The molecule has 0 radical (unpaired) electrons. The van der Waals surface area contributed by atoms with Crippen molar-refractivity contribution in [1.82, 2.24) is 0 Å². The van der Waals surface area contributed by atoms with Crippen LogP contribution in [-0.2, 0) is 0 Å². The molecule has 2 aromatic carbocycles. The lowest BCUT2D eigenvalue weighted by atomic mass is 10.1. The first-order valence-corrected chi connectivity index (χ1v) is 4.86. The molecule has 0 aliphatic heterocycles. The van der Waals surface area contributed by atoms with Gasteiger partial charge in [-0.2, -0.15) is 0 Å². The molecule has 0 spiro atoms. The van der Waals surface area contributed by atoms with E-state index in [1.807, 2.05) is 31.2 Å². The van der Waals surface area contributed by atoms with Gasteiger partial charge in [-0.3, -0.25) is 0 Å². The predicted octanol–water partition coefficient (Wildman–Crippen LogP) is 3.62. The number of rotatable bonds is 0. The van der Waals surface area contributed by atoms with Gasteiger partial charge in [0, 0.05) is 10.0 Å². The molecule has 0 unspecified atom stereocenters. The molecule has 2 aromatic rings. The molecule has 1 N–H and O–H groups in total. The Labute approximate surface area is 85.1 Å². The Hall–Kier alpha value is -1.02. The molecular weight excluding hydrogens is 228 g/mol. The molecular formula is C11H9BrO. The zero-order valence-electron chi connectivity index (χ0n) is 7.21. The summed E-state index contributed by atoms with van der Waals surface area (Å²) >= 11 is 3.47. The van der Waals surface area contributed by atoms with E-state index >= 15 is 0 Å². The summed E-state index contributed by atoms with van der Waals surface area (Å²) in [6.45, 7) is 1.89. The highest BCUT2D eigenvalue weighted by Gasteiger charge is 2.05. The standard InChI is InChI=1S/C11H9BrO/c1-7-10(13)6-8-4-2-3-5-9(8)11(7)12/h2-6,13H,1H3. The Morgan fingerprint density at radius 2 is 1.92 bits per heavy atom. The fraction of sp³-hybridized carbons (Fsp3) is 0.0909. The normalized spacial score (nSPS) is 10.6. The smallest absolute Gasteiger partial charge is 0.120 e. The number of hydrogen-bond acceptors (Lipinski definition) is 1. The molecule has 0 aliphatic rings. The van der Waals surface area contributed by atoms with E-state index in [2.05, 4.69) is 15.9 Å². The minimum atomic E-state index is 0.338. The molecule has 0 fully saturated rings. The summed E-state index contributed by atoms with van der Waals surface area (Å²) in [6, 6.07) is 9.76. The van der Waals surface area contributed by atoms with Gasteiger partial charge in [-0.25, -0.2) is 0 Å². The summed E-state index contributed by atoms with van der Waals surface area (Å²) in [4.78, 5) is 0. The van der Waals surface area contributed by atoms with Crippen molar-refractivity contribution in [2.24, 2.45) is 0 Å². The Balaban J connectivity index is 2.94. The van der Waals surface area contributed by atoms with Crippen LogP contribution in [0.25, 0.3) is 10.8 Å². The van der Waals surface area contributed by atoms with Crippen molar-refractivity contribution in [1.29, 1.82) is 0 Å². The van der Waals surface area contributed by atoms with Crippen molar-refractivity contribution in [3.63, 3.8) is 0 Å². The van der Waals surface area contributed by atoms with Crippen LogP contribution in [0.1, 0.15) is 5.56 Å². The van der Waals surface area contributed by atoms with Gasteiger partial charge in [-0.1, -0.05) is 24.3 Å². The lowest BCUT2D eigenvalue weighted by Gasteiger charge is -2.05. The summed E-state index contributed by atoms with van der Waals surface area (Å²) in [7, 11) is 0. The third kappa shape index (κ3) is 1.31. The van der Waals surface area contributed by atoms with Crippen LogP contribution in [0.3, 0.4) is 0 Å². The fourth-order valence-electron chi connectivity index (χ4n) is 1.39. The van der Waals surface area contributed by atoms with E-state index in [0.29, 0.717) is 5.75 Å². The summed E-state index contributed by atoms with van der Waals surface area (Å²) in [5, 5.41) is 11.8. The van der Waals surface area contributed by atoms with Crippen LogP contribution >= 0.6 is 15.9 Å². The van der Waals surface area contributed by atoms with Crippen LogP contribution in [0.4, 0.5) is 0 Å². The Morgan fingerprint density at radius 3 is 2.69 bits per heavy atom. The van der Waals surface area contributed by atoms with Crippen molar-refractivity contribution < 1.29 is 5.11 Å². The second kappa shape index (κ2) is 3.04. The summed E-state index contributed by atoms with van der Waals surface area (Å²) < 4.78 is 0.975. The second-order valence-electron chi connectivity index (χ2n) is 3.06. The van der Waals surface area contributed by atoms with Gasteiger partial charge in [0.1, 0.15) is 5.75 Å². The van der Waals surface area contributed by atoms with Gasteiger partial charge >= 0.3 is 0 Å². The SMILES string of the molecule is Cc1c(O)cc2ccccc2c1Br. The maximum atomic E-state index is 9.57. The first kappa shape index (κ1) is 8.57. The fourth-order valence-corrected chi connectivity index (χ4v) is 1.96. The monoisotopic (exact) mass is 236 g/mol. The van der Waals surface area contributed by atoms with Crippen LogP contribution in [-0.4, -0.2) is 5.11 Å². The van der Waals surface area contributed by atoms with Crippen LogP contribution in [0.5, 0.6) is 5.75 Å². The molecule has 0 aliphatic carbocycles. The van der Waals surface area contributed by atoms with Gasteiger partial charge in [0.15, 0.2) is 0 Å². The highest BCUT2D eigenvalue weighted by molar-refractivity contribution is 9.10. The average Bonchev–Trinajstić information content (AvgIpc) is 2.15. The average molecular weight is 237 g/mol.